The number of amides is 1. The van der Waals surface area contributed by atoms with Crippen LogP contribution in [0.5, 0.6) is 5.75 Å². The first kappa shape index (κ1) is 22.9. The Hall–Kier alpha value is -4.92. The van der Waals surface area contributed by atoms with Crippen LogP contribution >= 0.6 is 0 Å². The summed E-state index contributed by atoms with van der Waals surface area (Å²) in [5, 5.41) is 19.5. The van der Waals surface area contributed by atoms with Crippen LogP contribution in [-0.4, -0.2) is 22.9 Å². The molecule has 0 fully saturated rings. The molecule has 2 aromatic heterocycles. The zero-order valence-corrected chi connectivity index (χ0v) is 19.5. The van der Waals surface area contributed by atoms with Crippen molar-refractivity contribution in [3.8, 4) is 5.75 Å². The van der Waals surface area contributed by atoms with Crippen LogP contribution in [0.1, 0.15) is 29.0 Å². The Kier molecular flexibility index (Phi) is 5.95. The summed E-state index contributed by atoms with van der Waals surface area (Å²) in [6, 6.07) is 20.6. The Morgan fingerprint density at radius 3 is 2.56 bits per heavy atom. The van der Waals surface area contributed by atoms with E-state index in [0.29, 0.717) is 17.0 Å². The third-order valence-corrected chi connectivity index (χ3v) is 5.91. The first-order valence-electron chi connectivity index (χ1n) is 11.2. The van der Waals surface area contributed by atoms with Crippen LogP contribution in [0.25, 0.3) is 21.9 Å². The van der Waals surface area contributed by atoms with Crippen molar-refractivity contribution in [2.24, 2.45) is 0 Å². The molecule has 1 atom stereocenters. The third-order valence-electron chi connectivity index (χ3n) is 5.91. The Morgan fingerprint density at radius 2 is 1.81 bits per heavy atom. The number of hydrogen-bond donors (Lipinski definition) is 2. The van der Waals surface area contributed by atoms with Gasteiger partial charge in [-0.05, 0) is 43.3 Å². The van der Waals surface area contributed by atoms with Crippen molar-refractivity contribution in [2.45, 2.75) is 13.0 Å². The minimum absolute atomic E-state index is 0.129. The number of hydrogen-bond acceptors (Lipinski definition) is 7. The van der Waals surface area contributed by atoms with Crippen molar-refractivity contribution in [1.82, 2.24) is 4.98 Å². The third kappa shape index (κ3) is 4.29. The van der Waals surface area contributed by atoms with Gasteiger partial charge in [0.2, 0.25) is 0 Å². The summed E-state index contributed by atoms with van der Waals surface area (Å²) in [5.41, 5.74) is 2.63. The number of rotatable bonds is 7. The minimum atomic E-state index is -0.523. The van der Waals surface area contributed by atoms with Crippen LogP contribution in [0, 0.1) is 10.1 Å². The van der Waals surface area contributed by atoms with Crippen molar-refractivity contribution < 1.29 is 18.9 Å². The van der Waals surface area contributed by atoms with Crippen LogP contribution in [0.2, 0.25) is 0 Å². The summed E-state index contributed by atoms with van der Waals surface area (Å²) in [6.45, 7) is 1.85. The van der Waals surface area contributed by atoms with Crippen molar-refractivity contribution in [1.29, 1.82) is 0 Å². The number of methoxy groups -OCH3 is 1. The van der Waals surface area contributed by atoms with Gasteiger partial charge in [-0.15, -0.1) is 0 Å². The largest absolute Gasteiger partial charge is 0.495 e. The maximum Gasteiger partial charge on any atom is 0.293 e. The van der Waals surface area contributed by atoms with Gasteiger partial charge in [0.15, 0.2) is 0 Å². The predicted molar refractivity (Wildman–Crippen MR) is 138 cm³/mol. The van der Waals surface area contributed by atoms with Gasteiger partial charge in [0.25, 0.3) is 11.6 Å². The van der Waals surface area contributed by atoms with Crippen LogP contribution in [0.3, 0.4) is 0 Å². The van der Waals surface area contributed by atoms with Crippen LogP contribution in [0.15, 0.2) is 83.4 Å². The average molecular weight is 482 g/mol. The van der Waals surface area contributed by atoms with E-state index >= 15 is 0 Å². The van der Waals surface area contributed by atoms with Gasteiger partial charge >= 0.3 is 0 Å². The molecule has 36 heavy (non-hydrogen) atoms. The number of anilines is 2. The van der Waals surface area contributed by atoms with Gasteiger partial charge < -0.3 is 19.8 Å². The number of aromatic nitrogens is 1. The second-order valence-corrected chi connectivity index (χ2v) is 8.21. The van der Waals surface area contributed by atoms with Crippen LogP contribution in [-0.2, 0) is 0 Å². The molecule has 0 aliphatic carbocycles. The zero-order chi connectivity index (χ0) is 25.2. The minimum Gasteiger partial charge on any atom is -0.495 e. The number of nitro groups is 1. The summed E-state index contributed by atoms with van der Waals surface area (Å²) in [4.78, 5) is 28.6. The van der Waals surface area contributed by atoms with Crippen molar-refractivity contribution in [2.75, 3.05) is 17.7 Å². The fourth-order valence-corrected chi connectivity index (χ4v) is 4.10. The highest BCUT2D eigenvalue weighted by molar-refractivity contribution is 6.10. The van der Waals surface area contributed by atoms with Crippen LogP contribution < -0.4 is 15.4 Å². The number of para-hydroxylation sites is 1. The molecule has 9 nitrogen and oxygen atoms in total. The molecule has 9 heteroatoms. The molecule has 0 saturated heterocycles. The highest BCUT2D eigenvalue weighted by atomic mass is 16.6. The van der Waals surface area contributed by atoms with E-state index in [1.807, 2.05) is 43.3 Å². The molecule has 2 N–H and O–H groups in total. The number of benzene rings is 3. The van der Waals surface area contributed by atoms with Gasteiger partial charge in [0, 0.05) is 34.7 Å². The van der Waals surface area contributed by atoms with Gasteiger partial charge in [-0.25, -0.2) is 0 Å². The molecule has 0 aliphatic heterocycles. The molecule has 0 radical (unpaired) electrons. The SMILES string of the molecule is COc1cc2c(cc1NC(=O)c1ccc(NC(C)c3ccccn3)c([N+](=O)[O-])c1)oc1ccccc12. The Morgan fingerprint density at radius 1 is 1.00 bits per heavy atom. The van der Waals surface area contributed by atoms with Gasteiger partial charge in [-0.2, -0.15) is 0 Å². The number of carbonyl (C=O) groups is 1. The monoisotopic (exact) mass is 482 g/mol. The second kappa shape index (κ2) is 9.38. The van der Waals surface area contributed by atoms with E-state index in [1.165, 1.54) is 25.3 Å². The molecular formula is C27H22N4O5. The molecule has 3 aromatic carbocycles. The number of pyridine rings is 1. The molecule has 5 aromatic rings. The molecule has 1 amide bonds. The lowest BCUT2D eigenvalue weighted by Gasteiger charge is -2.15. The van der Waals surface area contributed by atoms with E-state index in [1.54, 1.807) is 24.4 Å². The van der Waals surface area contributed by atoms with Crippen molar-refractivity contribution in [3.63, 3.8) is 0 Å². The first-order chi connectivity index (χ1) is 17.4. The maximum absolute atomic E-state index is 13.1. The Labute approximate surface area is 205 Å². The zero-order valence-electron chi connectivity index (χ0n) is 19.5. The standard InChI is InChI=1S/C27H22N4O5/c1-16(20-8-5-6-12-28-20)29-21-11-10-17(13-23(21)31(33)34)27(32)30-22-15-25-19(14-26(22)35-2)18-7-3-4-9-24(18)36-25/h3-16,29H,1-2H3,(H,30,32). The lowest BCUT2D eigenvalue weighted by molar-refractivity contribution is -0.384. The normalized spacial score (nSPS) is 11.8. The number of nitro benzene ring substituents is 1. The van der Waals surface area contributed by atoms with Crippen molar-refractivity contribution in [3.05, 3.63) is 100 Å². The average Bonchev–Trinajstić information content (AvgIpc) is 3.26. The first-order valence-corrected chi connectivity index (χ1v) is 11.2. The number of fused-ring (bicyclic) bond motifs is 3. The molecule has 0 saturated carbocycles. The Bertz CT molecular complexity index is 1600. The Balaban J connectivity index is 1.43. The smallest absolute Gasteiger partial charge is 0.293 e. The van der Waals surface area contributed by atoms with E-state index in [2.05, 4.69) is 15.6 Å². The molecule has 0 aliphatic rings. The topological polar surface area (TPSA) is 120 Å². The van der Waals surface area contributed by atoms with E-state index < -0.39 is 10.8 Å². The summed E-state index contributed by atoms with van der Waals surface area (Å²) in [5.74, 6) is -0.0736. The summed E-state index contributed by atoms with van der Waals surface area (Å²) in [6.07, 6.45) is 1.66. The number of nitrogens with zero attached hydrogens (tertiary/aromatic N) is 2. The molecule has 2 heterocycles. The number of furan rings is 1. The summed E-state index contributed by atoms with van der Waals surface area (Å²) in [7, 11) is 1.51. The van der Waals surface area contributed by atoms with Gasteiger partial charge in [0.1, 0.15) is 22.6 Å². The van der Waals surface area contributed by atoms with Gasteiger partial charge in [-0.1, -0.05) is 24.3 Å². The quantitative estimate of drug-likeness (QED) is 0.206. The lowest BCUT2D eigenvalue weighted by atomic mass is 10.1. The number of nitrogens with one attached hydrogen (secondary N) is 2. The molecule has 1 unspecified atom stereocenters. The molecular weight excluding hydrogens is 460 g/mol. The highest BCUT2D eigenvalue weighted by Crippen LogP contribution is 2.37. The van der Waals surface area contributed by atoms with E-state index in [0.717, 1.165) is 22.0 Å². The predicted octanol–water partition coefficient (Wildman–Crippen LogP) is 6.32. The second-order valence-electron chi connectivity index (χ2n) is 8.21. The maximum atomic E-state index is 13.1. The van der Waals surface area contributed by atoms with Crippen molar-refractivity contribution >= 4 is 44.9 Å². The molecule has 0 spiro atoms. The fraction of sp³-hybridized carbons (Fsp3) is 0.111. The fourth-order valence-electron chi connectivity index (χ4n) is 4.10. The van der Waals surface area contributed by atoms with E-state index in [-0.39, 0.29) is 23.0 Å². The summed E-state index contributed by atoms with van der Waals surface area (Å²) >= 11 is 0. The summed E-state index contributed by atoms with van der Waals surface area (Å²) < 4.78 is 11.4. The molecule has 180 valence electrons. The molecule has 5 rings (SSSR count). The lowest BCUT2D eigenvalue weighted by Crippen LogP contribution is -2.14. The van der Waals surface area contributed by atoms with Gasteiger partial charge in [-0.3, -0.25) is 19.9 Å². The van der Waals surface area contributed by atoms with Crippen LogP contribution in [0.4, 0.5) is 17.1 Å². The van der Waals surface area contributed by atoms with E-state index in [9.17, 15) is 14.9 Å². The highest BCUT2D eigenvalue weighted by Gasteiger charge is 2.21. The van der Waals surface area contributed by atoms with Gasteiger partial charge in [0.05, 0.1) is 29.5 Å². The number of ether oxygens (including phenoxy) is 1. The number of carbonyl (C=O) groups excluding carboxylic acids is 1. The van der Waals surface area contributed by atoms with E-state index in [4.69, 9.17) is 9.15 Å². The molecule has 0 bridgehead atoms.